The van der Waals surface area contributed by atoms with E-state index < -0.39 is 0 Å². The number of piperidine rings is 1. The van der Waals surface area contributed by atoms with E-state index >= 15 is 0 Å². The van der Waals surface area contributed by atoms with Crippen LogP contribution in [0.1, 0.15) is 49.5 Å². The predicted molar refractivity (Wildman–Crippen MR) is 72.6 cm³/mol. The van der Waals surface area contributed by atoms with E-state index in [9.17, 15) is 5.26 Å². The molecule has 3 rings (SSSR count). The molecule has 1 saturated carbocycles. The first kappa shape index (κ1) is 12.6. The quantitative estimate of drug-likeness (QED) is 0.814. The fraction of sp³-hybridized carbons (Fsp3) is 0.667. The highest BCUT2D eigenvalue weighted by atomic mass is 15.1. The summed E-state index contributed by atoms with van der Waals surface area (Å²) >= 11 is 0. The largest absolute Gasteiger partial charge is 0.306 e. The minimum Gasteiger partial charge on any atom is -0.306 e. The summed E-state index contributed by atoms with van der Waals surface area (Å²) in [5.41, 5.74) is 0.751. The molecule has 1 aliphatic heterocycles. The molecular formula is C15H20N4. The van der Waals surface area contributed by atoms with Crippen LogP contribution in [0.25, 0.3) is 0 Å². The third-order valence-electron chi connectivity index (χ3n) is 4.66. The molecule has 1 aromatic heterocycles. The molecule has 4 heteroatoms. The van der Waals surface area contributed by atoms with Crippen LogP contribution in [-0.2, 0) is 5.41 Å². The first-order valence-electron chi connectivity index (χ1n) is 7.17. The summed E-state index contributed by atoms with van der Waals surface area (Å²) < 4.78 is 0. The first-order chi connectivity index (χ1) is 9.23. The number of rotatable bonds is 2. The van der Waals surface area contributed by atoms with Crippen molar-refractivity contribution in [3.63, 3.8) is 0 Å². The van der Waals surface area contributed by atoms with E-state index in [0.717, 1.165) is 56.7 Å². The van der Waals surface area contributed by atoms with E-state index in [1.807, 2.05) is 12.3 Å². The molecule has 0 atom stereocenters. The summed E-state index contributed by atoms with van der Waals surface area (Å²) in [6, 6.07) is 4.47. The standard InChI is InChI=1S/C15H20N4/c1-19-9-4-12(5-10-19)13-3-8-17-14(18-13)15(11-16)6-2-7-15/h3,8,12H,2,4-7,9-10H2,1H3. The van der Waals surface area contributed by atoms with Crippen molar-refractivity contribution in [1.29, 1.82) is 5.26 Å². The van der Waals surface area contributed by atoms with Crippen molar-refractivity contribution >= 4 is 0 Å². The number of likely N-dealkylation sites (tertiary alicyclic amines) is 1. The van der Waals surface area contributed by atoms with Crippen molar-refractivity contribution in [2.75, 3.05) is 20.1 Å². The van der Waals surface area contributed by atoms with Crippen LogP contribution in [0.5, 0.6) is 0 Å². The van der Waals surface area contributed by atoms with Crippen LogP contribution in [-0.4, -0.2) is 35.0 Å². The van der Waals surface area contributed by atoms with Crippen molar-refractivity contribution in [3.8, 4) is 6.07 Å². The third-order valence-corrected chi connectivity index (χ3v) is 4.66. The molecule has 0 bridgehead atoms. The molecule has 100 valence electrons. The smallest absolute Gasteiger partial charge is 0.148 e. The Balaban J connectivity index is 1.82. The maximum absolute atomic E-state index is 9.39. The average molecular weight is 256 g/mol. The third kappa shape index (κ3) is 2.23. The monoisotopic (exact) mass is 256 g/mol. The Morgan fingerprint density at radius 3 is 2.68 bits per heavy atom. The van der Waals surface area contributed by atoms with Gasteiger partial charge in [0.1, 0.15) is 11.2 Å². The number of nitriles is 1. The Hall–Kier alpha value is -1.47. The number of hydrogen-bond donors (Lipinski definition) is 0. The minimum atomic E-state index is -0.387. The molecule has 0 spiro atoms. The Bertz CT molecular complexity index is 493. The molecule has 2 heterocycles. The summed E-state index contributed by atoms with van der Waals surface area (Å²) in [5.74, 6) is 1.30. The van der Waals surface area contributed by atoms with Gasteiger partial charge in [0.25, 0.3) is 0 Å². The van der Waals surface area contributed by atoms with Crippen LogP contribution in [0.4, 0.5) is 0 Å². The highest BCUT2D eigenvalue weighted by Crippen LogP contribution is 2.41. The maximum atomic E-state index is 9.39. The summed E-state index contributed by atoms with van der Waals surface area (Å²) in [4.78, 5) is 11.5. The van der Waals surface area contributed by atoms with E-state index in [-0.39, 0.29) is 5.41 Å². The summed E-state index contributed by atoms with van der Waals surface area (Å²) in [6.07, 6.45) is 7.11. The molecular weight excluding hydrogens is 236 g/mol. The molecule has 0 aromatic carbocycles. The second-order valence-electron chi connectivity index (χ2n) is 5.93. The van der Waals surface area contributed by atoms with Gasteiger partial charge in [-0.1, -0.05) is 0 Å². The Morgan fingerprint density at radius 2 is 2.11 bits per heavy atom. The Morgan fingerprint density at radius 1 is 1.37 bits per heavy atom. The summed E-state index contributed by atoms with van der Waals surface area (Å²) in [6.45, 7) is 2.26. The fourth-order valence-corrected chi connectivity index (χ4v) is 3.05. The van der Waals surface area contributed by atoms with Gasteiger partial charge in [0.2, 0.25) is 0 Å². The van der Waals surface area contributed by atoms with Crippen LogP contribution in [0.2, 0.25) is 0 Å². The molecule has 0 unspecified atom stereocenters. The normalized spacial score (nSPS) is 23.6. The topological polar surface area (TPSA) is 52.8 Å². The summed E-state index contributed by atoms with van der Waals surface area (Å²) in [5, 5.41) is 9.39. The molecule has 0 radical (unpaired) electrons. The van der Waals surface area contributed by atoms with Gasteiger partial charge in [-0.3, -0.25) is 0 Å². The zero-order valence-electron chi connectivity index (χ0n) is 11.5. The van der Waals surface area contributed by atoms with Gasteiger partial charge < -0.3 is 4.90 Å². The Kier molecular flexibility index (Phi) is 3.24. The molecule has 2 fully saturated rings. The lowest BCUT2D eigenvalue weighted by Gasteiger charge is -2.34. The maximum Gasteiger partial charge on any atom is 0.148 e. The fourth-order valence-electron chi connectivity index (χ4n) is 3.05. The lowest BCUT2D eigenvalue weighted by Crippen LogP contribution is -2.35. The van der Waals surface area contributed by atoms with Crippen molar-refractivity contribution < 1.29 is 0 Å². The van der Waals surface area contributed by atoms with Gasteiger partial charge in [-0.05, 0) is 58.3 Å². The summed E-state index contributed by atoms with van der Waals surface area (Å²) in [7, 11) is 2.17. The molecule has 19 heavy (non-hydrogen) atoms. The van der Waals surface area contributed by atoms with Gasteiger partial charge in [0.05, 0.1) is 6.07 Å². The SMILES string of the molecule is CN1CCC(c2ccnc(C3(C#N)CCC3)n2)CC1. The van der Waals surface area contributed by atoms with Gasteiger partial charge >= 0.3 is 0 Å². The van der Waals surface area contributed by atoms with Crippen LogP contribution in [0.3, 0.4) is 0 Å². The van der Waals surface area contributed by atoms with Gasteiger partial charge in [-0.15, -0.1) is 0 Å². The first-order valence-corrected chi connectivity index (χ1v) is 7.17. The van der Waals surface area contributed by atoms with E-state index in [2.05, 4.69) is 23.0 Å². The van der Waals surface area contributed by atoms with Crippen LogP contribution in [0.15, 0.2) is 12.3 Å². The average Bonchev–Trinajstić information content (AvgIpc) is 2.39. The molecule has 1 aliphatic carbocycles. The van der Waals surface area contributed by atoms with Gasteiger partial charge in [-0.2, -0.15) is 5.26 Å². The van der Waals surface area contributed by atoms with Crippen molar-refractivity contribution in [2.45, 2.75) is 43.4 Å². The van der Waals surface area contributed by atoms with Crippen LogP contribution >= 0.6 is 0 Å². The number of aromatic nitrogens is 2. The highest BCUT2D eigenvalue weighted by Gasteiger charge is 2.42. The number of hydrogen-bond acceptors (Lipinski definition) is 4. The number of nitrogens with zero attached hydrogens (tertiary/aromatic N) is 4. The van der Waals surface area contributed by atoms with E-state index in [1.165, 1.54) is 0 Å². The molecule has 1 aromatic rings. The predicted octanol–water partition coefficient (Wildman–Crippen LogP) is 2.23. The van der Waals surface area contributed by atoms with Gasteiger partial charge in [-0.25, -0.2) is 9.97 Å². The van der Waals surface area contributed by atoms with Crippen molar-refractivity contribution in [2.24, 2.45) is 0 Å². The highest BCUT2D eigenvalue weighted by molar-refractivity contribution is 5.26. The van der Waals surface area contributed by atoms with E-state index in [1.54, 1.807) is 0 Å². The zero-order chi connectivity index (χ0) is 13.3. The molecule has 2 aliphatic rings. The van der Waals surface area contributed by atoms with Crippen molar-refractivity contribution in [3.05, 3.63) is 23.8 Å². The second kappa shape index (κ2) is 4.90. The molecule has 0 N–H and O–H groups in total. The van der Waals surface area contributed by atoms with Crippen LogP contribution < -0.4 is 0 Å². The van der Waals surface area contributed by atoms with Gasteiger partial charge in [0, 0.05) is 17.8 Å². The lowest BCUT2D eigenvalue weighted by atomic mass is 9.69. The van der Waals surface area contributed by atoms with Crippen LogP contribution in [0, 0.1) is 11.3 Å². The molecule has 4 nitrogen and oxygen atoms in total. The lowest BCUT2D eigenvalue weighted by molar-refractivity contribution is 0.251. The van der Waals surface area contributed by atoms with Crippen molar-refractivity contribution in [1.82, 2.24) is 14.9 Å². The van der Waals surface area contributed by atoms with E-state index in [4.69, 9.17) is 4.98 Å². The molecule has 1 saturated heterocycles. The zero-order valence-corrected chi connectivity index (χ0v) is 11.5. The van der Waals surface area contributed by atoms with Gasteiger partial charge in [0.15, 0.2) is 0 Å². The molecule has 0 amide bonds. The second-order valence-corrected chi connectivity index (χ2v) is 5.93. The Labute approximate surface area is 114 Å². The minimum absolute atomic E-state index is 0.387. The van der Waals surface area contributed by atoms with E-state index in [0.29, 0.717) is 5.92 Å².